The quantitative estimate of drug-likeness (QED) is 0.760. The summed E-state index contributed by atoms with van der Waals surface area (Å²) in [6, 6.07) is 0.810. The minimum Gasteiger partial charge on any atom is -0.378 e. The lowest BCUT2D eigenvalue weighted by atomic mass is 10.0. The van der Waals surface area contributed by atoms with Crippen LogP contribution in [0.3, 0.4) is 0 Å². The molecule has 3 aliphatic rings. The van der Waals surface area contributed by atoms with Crippen molar-refractivity contribution in [3.8, 4) is 0 Å². The Kier molecular flexibility index (Phi) is 3.18. The lowest BCUT2D eigenvalue weighted by molar-refractivity contribution is -0.0249. The molecule has 0 saturated carbocycles. The molecule has 1 N–H and O–H groups in total. The first kappa shape index (κ1) is 11.0. The molecule has 0 aromatic carbocycles. The zero-order valence-electron chi connectivity index (χ0n) is 10.3. The predicted octanol–water partition coefficient (Wildman–Crippen LogP) is 1.10. The van der Waals surface area contributed by atoms with Gasteiger partial charge in [0.15, 0.2) is 0 Å². The standard InChI is InChI=1S/C13H24N2O/c1-2-13-5-12(3-4-16-13)15-8-10-6-14-7-11(10)9-15/h10-14H,2-9H2,1H3. The Hall–Kier alpha value is -0.120. The Bertz CT molecular complexity index is 231. The molecule has 4 unspecified atom stereocenters. The van der Waals surface area contributed by atoms with Gasteiger partial charge in [-0.1, -0.05) is 6.92 Å². The van der Waals surface area contributed by atoms with Gasteiger partial charge in [0.1, 0.15) is 0 Å². The molecule has 92 valence electrons. The van der Waals surface area contributed by atoms with Crippen LogP contribution in [0.5, 0.6) is 0 Å². The van der Waals surface area contributed by atoms with Crippen LogP contribution in [0.1, 0.15) is 26.2 Å². The molecule has 3 nitrogen and oxygen atoms in total. The van der Waals surface area contributed by atoms with E-state index in [0.29, 0.717) is 6.10 Å². The fraction of sp³-hybridized carbons (Fsp3) is 1.00. The van der Waals surface area contributed by atoms with Gasteiger partial charge < -0.3 is 10.1 Å². The van der Waals surface area contributed by atoms with Crippen molar-refractivity contribution in [2.75, 3.05) is 32.8 Å². The van der Waals surface area contributed by atoms with Crippen LogP contribution in [0.15, 0.2) is 0 Å². The van der Waals surface area contributed by atoms with E-state index in [-0.39, 0.29) is 0 Å². The molecule has 3 heterocycles. The van der Waals surface area contributed by atoms with Crippen LogP contribution in [0.25, 0.3) is 0 Å². The second kappa shape index (κ2) is 4.63. The summed E-state index contributed by atoms with van der Waals surface area (Å²) in [6.07, 6.45) is 4.23. The molecule has 0 bridgehead atoms. The maximum absolute atomic E-state index is 5.77. The molecular formula is C13H24N2O. The highest BCUT2D eigenvalue weighted by molar-refractivity contribution is 4.94. The molecule has 16 heavy (non-hydrogen) atoms. The van der Waals surface area contributed by atoms with Gasteiger partial charge >= 0.3 is 0 Å². The lowest BCUT2D eigenvalue weighted by Gasteiger charge is -2.35. The molecule has 0 aromatic heterocycles. The van der Waals surface area contributed by atoms with Crippen molar-refractivity contribution in [1.82, 2.24) is 10.2 Å². The Morgan fingerprint density at radius 1 is 1.25 bits per heavy atom. The SMILES string of the molecule is CCC1CC(N2CC3CNCC3C2)CCO1. The summed E-state index contributed by atoms with van der Waals surface area (Å²) >= 11 is 0. The summed E-state index contributed by atoms with van der Waals surface area (Å²) < 4.78 is 5.77. The van der Waals surface area contributed by atoms with Crippen LogP contribution < -0.4 is 5.32 Å². The van der Waals surface area contributed by atoms with Gasteiger partial charge in [-0.05, 0) is 44.2 Å². The van der Waals surface area contributed by atoms with Crippen LogP contribution in [0.4, 0.5) is 0 Å². The second-order valence-corrected chi connectivity index (χ2v) is 5.71. The number of rotatable bonds is 2. The molecular weight excluding hydrogens is 200 g/mol. The number of likely N-dealkylation sites (tertiary alicyclic amines) is 1. The van der Waals surface area contributed by atoms with Gasteiger partial charge in [-0.2, -0.15) is 0 Å². The summed E-state index contributed by atoms with van der Waals surface area (Å²) in [5.74, 6) is 1.87. The van der Waals surface area contributed by atoms with Crippen molar-refractivity contribution in [3.05, 3.63) is 0 Å². The number of hydrogen-bond donors (Lipinski definition) is 1. The van der Waals surface area contributed by atoms with Gasteiger partial charge in [0.05, 0.1) is 6.10 Å². The second-order valence-electron chi connectivity index (χ2n) is 5.71. The van der Waals surface area contributed by atoms with E-state index in [1.165, 1.54) is 45.4 Å². The van der Waals surface area contributed by atoms with Crippen molar-refractivity contribution >= 4 is 0 Å². The maximum atomic E-state index is 5.77. The zero-order chi connectivity index (χ0) is 11.0. The van der Waals surface area contributed by atoms with Gasteiger partial charge in [0.2, 0.25) is 0 Å². The predicted molar refractivity (Wildman–Crippen MR) is 64.5 cm³/mol. The van der Waals surface area contributed by atoms with E-state index in [9.17, 15) is 0 Å². The Labute approximate surface area is 98.5 Å². The minimum atomic E-state index is 0.525. The van der Waals surface area contributed by atoms with Gasteiger partial charge in [-0.15, -0.1) is 0 Å². The summed E-state index contributed by atoms with van der Waals surface area (Å²) in [6.45, 7) is 8.39. The molecule has 3 rings (SSSR count). The highest BCUT2D eigenvalue weighted by Gasteiger charge is 2.39. The average molecular weight is 224 g/mol. The Morgan fingerprint density at radius 2 is 2.00 bits per heavy atom. The summed E-state index contributed by atoms with van der Waals surface area (Å²) in [4.78, 5) is 2.75. The largest absolute Gasteiger partial charge is 0.378 e. The molecule has 3 fully saturated rings. The molecule has 0 aliphatic carbocycles. The van der Waals surface area contributed by atoms with Crippen molar-refractivity contribution in [2.45, 2.75) is 38.3 Å². The number of fused-ring (bicyclic) bond motifs is 1. The smallest absolute Gasteiger partial charge is 0.0587 e. The topological polar surface area (TPSA) is 24.5 Å². The van der Waals surface area contributed by atoms with E-state index in [2.05, 4.69) is 17.1 Å². The van der Waals surface area contributed by atoms with E-state index in [1.54, 1.807) is 0 Å². The number of hydrogen-bond acceptors (Lipinski definition) is 3. The zero-order valence-corrected chi connectivity index (χ0v) is 10.3. The Balaban J connectivity index is 1.57. The number of nitrogens with zero attached hydrogens (tertiary/aromatic N) is 1. The van der Waals surface area contributed by atoms with E-state index in [4.69, 9.17) is 4.74 Å². The van der Waals surface area contributed by atoms with Gasteiger partial charge in [0, 0.05) is 25.7 Å². The maximum Gasteiger partial charge on any atom is 0.0587 e. The van der Waals surface area contributed by atoms with E-state index in [0.717, 1.165) is 24.5 Å². The first-order chi connectivity index (χ1) is 7.86. The molecule has 0 amide bonds. The van der Waals surface area contributed by atoms with Crippen LogP contribution in [-0.2, 0) is 4.74 Å². The third kappa shape index (κ3) is 2.01. The van der Waals surface area contributed by atoms with Crippen LogP contribution in [0, 0.1) is 11.8 Å². The fourth-order valence-electron chi connectivity index (χ4n) is 3.67. The molecule has 3 aliphatic heterocycles. The van der Waals surface area contributed by atoms with Gasteiger partial charge in [-0.25, -0.2) is 0 Å². The van der Waals surface area contributed by atoms with Gasteiger partial charge in [0.25, 0.3) is 0 Å². The first-order valence-corrected chi connectivity index (χ1v) is 6.93. The van der Waals surface area contributed by atoms with Crippen molar-refractivity contribution in [1.29, 1.82) is 0 Å². The summed E-state index contributed by atoms with van der Waals surface area (Å²) in [7, 11) is 0. The van der Waals surface area contributed by atoms with E-state index < -0.39 is 0 Å². The normalized spacial score (nSPS) is 44.8. The van der Waals surface area contributed by atoms with Crippen molar-refractivity contribution in [3.63, 3.8) is 0 Å². The Morgan fingerprint density at radius 3 is 2.69 bits per heavy atom. The number of nitrogens with one attached hydrogen (secondary N) is 1. The highest BCUT2D eigenvalue weighted by Crippen LogP contribution is 2.31. The molecule has 4 atom stereocenters. The molecule has 0 spiro atoms. The van der Waals surface area contributed by atoms with E-state index in [1.807, 2.05) is 0 Å². The first-order valence-electron chi connectivity index (χ1n) is 6.93. The lowest BCUT2D eigenvalue weighted by Crippen LogP contribution is -2.42. The van der Waals surface area contributed by atoms with Crippen LogP contribution in [0.2, 0.25) is 0 Å². The van der Waals surface area contributed by atoms with Crippen molar-refractivity contribution < 1.29 is 4.74 Å². The third-order valence-electron chi connectivity index (χ3n) is 4.73. The van der Waals surface area contributed by atoms with Crippen LogP contribution in [-0.4, -0.2) is 49.8 Å². The summed E-state index contributed by atoms with van der Waals surface area (Å²) in [5.41, 5.74) is 0. The molecule has 3 saturated heterocycles. The van der Waals surface area contributed by atoms with Crippen LogP contribution >= 0.6 is 0 Å². The average Bonchev–Trinajstić information content (AvgIpc) is 2.89. The minimum absolute atomic E-state index is 0.525. The van der Waals surface area contributed by atoms with Crippen molar-refractivity contribution in [2.24, 2.45) is 11.8 Å². The van der Waals surface area contributed by atoms with Gasteiger partial charge in [-0.3, -0.25) is 4.90 Å². The monoisotopic (exact) mass is 224 g/mol. The van der Waals surface area contributed by atoms with E-state index >= 15 is 0 Å². The highest BCUT2D eigenvalue weighted by atomic mass is 16.5. The molecule has 0 aromatic rings. The number of ether oxygens (including phenoxy) is 1. The third-order valence-corrected chi connectivity index (χ3v) is 4.73. The fourth-order valence-corrected chi connectivity index (χ4v) is 3.67. The summed E-state index contributed by atoms with van der Waals surface area (Å²) in [5, 5.41) is 3.52. The molecule has 0 radical (unpaired) electrons. The molecule has 3 heteroatoms.